The molecule has 32 heavy (non-hydrogen) atoms. The van der Waals surface area contributed by atoms with Crippen LogP contribution in [0.5, 0.6) is 5.75 Å². The molecule has 8 heteroatoms. The van der Waals surface area contributed by atoms with Gasteiger partial charge in [-0.3, -0.25) is 4.79 Å². The first-order chi connectivity index (χ1) is 15.5. The fourth-order valence-electron chi connectivity index (χ4n) is 3.86. The number of aromatic nitrogens is 2. The number of morpholine rings is 1. The second-order valence-corrected chi connectivity index (χ2v) is 8.84. The third-order valence-electron chi connectivity index (χ3n) is 5.25. The van der Waals surface area contributed by atoms with E-state index in [1.54, 1.807) is 7.11 Å². The van der Waals surface area contributed by atoms with Crippen LogP contribution in [0.2, 0.25) is 0 Å². The number of thioether (sulfide) groups is 1. The predicted molar refractivity (Wildman–Crippen MR) is 127 cm³/mol. The van der Waals surface area contributed by atoms with E-state index >= 15 is 0 Å². The summed E-state index contributed by atoms with van der Waals surface area (Å²) in [6, 6.07) is 15.5. The molecule has 0 saturated carbocycles. The number of carbonyl (C=O) groups excluding carboxylic acids is 1. The first-order valence-electron chi connectivity index (χ1n) is 10.7. The second kappa shape index (κ2) is 10.2. The molecule has 0 radical (unpaired) electrons. The van der Waals surface area contributed by atoms with E-state index in [-0.39, 0.29) is 23.9 Å². The highest BCUT2D eigenvalue weighted by atomic mass is 32.2. The van der Waals surface area contributed by atoms with Crippen LogP contribution in [0.15, 0.2) is 53.6 Å². The fraction of sp³-hybridized carbons (Fsp3) is 0.375. The quantitative estimate of drug-likeness (QED) is 0.548. The smallest absolute Gasteiger partial charge is 0.230 e. The molecule has 1 N–H and O–H groups in total. The lowest BCUT2D eigenvalue weighted by molar-refractivity contribution is -0.118. The normalized spacial score (nSPS) is 18.5. The molecule has 2 atom stereocenters. The van der Waals surface area contributed by atoms with E-state index in [2.05, 4.69) is 24.1 Å². The van der Waals surface area contributed by atoms with Gasteiger partial charge in [-0.2, -0.15) is 0 Å². The van der Waals surface area contributed by atoms with E-state index in [1.165, 1.54) is 11.8 Å². The van der Waals surface area contributed by atoms with Crippen LogP contribution >= 0.6 is 11.8 Å². The summed E-state index contributed by atoms with van der Waals surface area (Å²) in [7, 11) is 1.63. The Balaban J connectivity index is 1.49. The van der Waals surface area contributed by atoms with Crippen LogP contribution in [0.4, 0.5) is 5.82 Å². The molecule has 1 aliphatic rings. The number of benzene rings is 2. The van der Waals surface area contributed by atoms with E-state index in [4.69, 9.17) is 19.4 Å². The highest BCUT2D eigenvalue weighted by Crippen LogP contribution is 2.31. The van der Waals surface area contributed by atoms with Crippen LogP contribution in [-0.4, -0.2) is 54.0 Å². The number of anilines is 1. The number of nitrogens with zero attached hydrogens (tertiary/aromatic N) is 3. The zero-order chi connectivity index (χ0) is 22.5. The number of methoxy groups -OCH3 is 1. The molecule has 3 aromatic rings. The van der Waals surface area contributed by atoms with Gasteiger partial charge < -0.3 is 19.7 Å². The van der Waals surface area contributed by atoms with Gasteiger partial charge in [-0.25, -0.2) is 9.97 Å². The monoisotopic (exact) mass is 452 g/mol. The molecule has 1 saturated heterocycles. The van der Waals surface area contributed by atoms with Crippen LogP contribution in [0.3, 0.4) is 0 Å². The van der Waals surface area contributed by atoms with Crippen molar-refractivity contribution >= 4 is 34.5 Å². The molecular weight excluding hydrogens is 424 g/mol. The van der Waals surface area contributed by atoms with Gasteiger partial charge in [-0.05, 0) is 32.0 Å². The SMILES string of the molecule is COc1ccccc1CNC(=O)CSc1nc2ccccc2nc1N1C[C@H](C)O[C@@H](C)C1. The summed E-state index contributed by atoms with van der Waals surface area (Å²) in [6.45, 7) is 6.03. The molecule has 1 aromatic heterocycles. The summed E-state index contributed by atoms with van der Waals surface area (Å²) in [5.41, 5.74) is 2.61. The van der Waals surface area contributed by atoms with E-state index in [0.717, 1.165) is 46.3 Å². The van der Waals surface area contributed by atoms with Gasteiger partial charge >= 0.3 is 0 Å². The average molecular weight is 453 g/mol. The van der Waals surface area contributed by atoms with Gasteiger partial charge in [0.05, 0.1) is 36.1 Å². The molecular formula is C24H28N4O3S. The molecule has 0 aliphatic carbocycles. The standard InChI is InChI=1S/C24H28N4O3S/c1-16-13-28(14-17(2)31-16)23-24(27-20-10-6-5-9-19(20)26-23)32-15-22(29)25-12-18-8-4-7-11-21(18)30-3/h4-11,16-17H,12-15H2,1-3H3,(H,25,29)/t16-,17-/m0/s1. The molecule has 2 aromatic carbocycles. The number of ether oxygens (including phenoxy) is 2. The van der Waals surface area contributed by atoms with Crippen molar-refractivity contribution < 1.29 is 14.3 Å². The van der Waals surface area contributed by atoms with Crippen molar-refractivity contribution in [2.75, 3.05) is 30.9 Å². The maximum atomic E-state index is 12.6. The van der Waals surface area contributed by atoms with Crippen molar-refractivity contribution in [2.45, 2.75) is 37.6 Å². The third-order valence-corrected chi connectivity index (χ3v) is 6.20. The Kier molecular flexibility index (Phi) is 7.12. The fourth-order valence-corrected chi connectivity index (χ4v) is 4.69. The summed E-state index contributed by atoms with van der Waals surface area (Å²) in [4.78, 5) is 24.5. The predicted octanol–water partition coefficient (Wildman–Crippen LogP) is 3.66. The second-order valence-electron chi connectivity index (χ2n) is 7.88. The molecule has 0 bridgehead atoms. The Morgan fingerprint density at radius 1 is 1.09 bits per heavy atom. The maximum Gasteiger partial charge on any atom is 0.230 e. The minimum Gasteiger partial charge on any atom is -0.496 e. The van der Waals surface area contributed by atoms with Crippen LogP contribution in [0.25, 0.3) is 11.0 Å². The molecule has 0 spiro atoms. The van der Waals surface area contributed by atoms with E-state index in [1.807, 2.05) is 48.5 Å². The molecule has 2 heterocycles. The van der Waals surface area contributed by atoms with Crippen molar-refractivity contribution in [3.8, 4) is 5.75 Å². The summed E-state index contributed by atoms with van der Waals surface area (Å²) in [6.07, 6.45) is 0.211. The van der Waals surface area contributed by atoms with Crippen molar-refractivity contribution in [2.24, 2.45) is 0 Å². The Morgan fingerprint density at radius 3 is 2.47 bits per heavy atom. The Bertz CT molecular complexity index is 1080. The first kappa shape index (κ1) is 22.4. The van der Waals surface area contributed by atoms with Crippen LogP contribution in [0, 0.1) is 0 Å². The average Bonchev–Trinajstić information content (AvgIpc) is 2.80. The van der Waals surface area contributed by atoms with Gasteiger partial charge in [0.25, 0.3) is 0 Å². The van der Waals surface area contributed by atoms with Crippen LogP contribution in [0.1, 0.15) is 19.4 Å². The van der Waals surface area contributed by atoms with Gasteiger partial charge in [-0.15, -0.1) is 0 Å². The van der Waals surface area contributed by atoms with E-state index < -0.39 is 0 Å². The zero-order valence-corrected chi connectivity index (χ0v) is 19.4. The number of rotatable bonds is 7. The molecule has 168 valence electrons. The topological polar surface area (TPSA) is 76.6 Å². The van der Waals surface area contributed by atoms with E-state index in [0.29, 0.717) is 6.54 Å². The summed E-state index contributed by atoms with van der Waals surface area (Å²) < 4.78 is 11.2. The number of nitrogens with one attached hydrogen (secondary N) is 1. The summed E-state index contributed by atoms with van der Waals surface area (Å²) in [5, 5.41) is 3.73. The molecule has 4 rings (SSSR count). The summed E-state index contributed by atoms with van der Waals surface area (Å²) in [5.74, 6) is 1.77. The van der Waals surface area contributed by atoms with Gasteiger partial charge in [0.15, 0.2) is 5.82 Å². The van der Waals surface area contributed by atoms with Crippen LogP contribution < -0.4 is 15.0 Å². The third kappa shape index (κ3) is 5.31. The molecule has 1 aliphatic heterocycles. The lowest BCUT2D eigenvalue weighted by Gasteiger charge is -2.36. The largest absolute Gasteiger partial charge is 0.496 e. The number of amides is 1. The molecule has 0 unspecified atom stereocenters. The molecule has 1 fully saturated rings. The number of hydrogen-bond donors (Lipinski definition) is 1. The van der Waals surface area contributed by atoms with Crippen molar-refractivity contribution in [3.63, 3.8) is 0 Å². The van der Waals surface area contributed by atoms with Crippen molar-refractivity contribution in [3.05, 3.63) is 54.1 Å². The Labute approximate surface area is 192 Å². The highest BCUT2D eigenvalue weighted by Gasteiger charge is 2.26. The van der Waals surface area contributed by atoms with Gasteiger partial charge in [0.1, 0.15) is 10.8 Å². The first-order valence-corrected chi connectivity index (χ1v) is 11.7. The molecule has 1 amide bonds. The lowest BCUT2D eigenvalue weighted by atomic mass is 10.2. The number of fused-ring (bicyclic) bond motifs is 1. The minimum absolute atomic E-state index is 0.0643. The zero-order valence-electron chi connectivity index (χ0n) is 18.6. The Hall–Kier alpha value is -2.84. The number of carbonyl (C=O) groups is 1. The van der Waals surface area contributed by atoms with Crippen LogP contribution in [-0.2, 0) is 16.1 Å². The number of hydrogen-bond acceptors (Lipinski definition) is 7. The highest BCUT2D eigenvalue weighted by molar-refractivity contribution is 8.00. The molecule has 7 nitrogen and oxygen atoms in total. The number of para-hydroxylation sites is 3. The summed E-state index contributed by atoms with van der Waals surface area (Å²) >= 11 is 1.41. The lowest BCUT2D eigenvalue weighted by Crippen LogP contribution is -2.46. The van der Waals surface area contributed by atoms with Gasteiger partial charge in [0.2, 0.25) is 5.91 Å². The van der Waals surface area contributed by atoms with Crippen molar-refractivity contribution in [1.29, 1.82) is 0 Å². The maximum absolute atomic E-state index is 12.6. The Morgan fingerprint density at radius 2 is 1.75 bits per heavy atom. The van der Waals surface area contributed by atoms with E-state index in [9.17, 15) is 4.79 Å². The van der Waals surface area contributed by atoms with Gasteiger partial charge in [-0.1, -0.05) is 42.1 Å². The van der Waals surface area contributed by atoms with Gasteiger partial charge in [0, 0.05) is 25.2 Å². The minimum atomic E-state index is -0.0643. The van der Waals surface area contributed by atoms with Crippen molar-refractivity contribution in [1.82, 2.24) is 15.3 Å².